The molecule has 88 valence electrons. The van der Waals surface area contributed by atoms with Crippen molar-refractivity contribution in [2.24, 2.45) is 0 Å². The molecule has 4 heteroatoms. The summed E-state index contributed by atoms with van der Waals surface area (Å²) in [4.78, 5) is 20.3. The van der Waals surface area contributed by atoms with Crippen LogP contribution in [-0.2, 0) is 20.2 Å². The van der Waals surface area contributed by atoms with Gasteiger partial charge in [0.15, 0.2) is 0 Å². The molecule has 0 bridgehead atoms. The van der Waals surface area contributed by atoms with E-state index < -0.39 is 5.97 Å². The Hall–Kier alpha value is -1.35. The van der Waals surface area contributed by atoms with Crippen molar-refractivity contribution in [2.75, 3.05) is 7.11 Å². The molecule has 16 heavy (non-hydrogen) atoms. The van der Waals surface area contributed by atoms with Crippen molar-refractivity contribution in [3.05, 3.63) is 35.9 Å². The first-order valence-electron chi connectivity index (χ1n) is 4.76. The van der Waals surface area contributed by atoms with Crippen LogP contribution < -0.4 is 0 Å². The third-order valence-electron chi connectivity index (χ3n) is 1.62. The number of rotatable bonds is 3. The fourth-order valence-corrected chi connectivity index (χ4v) is 1.02. The average Bonchev–Trinajstić information content (AvgIpc) is 2.30. The van der Waals surface area contributed by atoms with Crippen LogP contribution in [0.25, 0.3) is 0 Å². The van der Waals surface area contributed by atoms with Crippen molar-refractivity contribution >= 4 is 23.4 Å². The van der Waals surface area contributed by atoms with Gasteiger partial charge in [-0.05, 0) is 12.5 Å². The first-order chi connectivity index (χ1) is 7.60. The van der Waals surface area contributed by atoms with Crippen molar-refractivity contribution < 1.29 is 14.3 Å². The van der Waals surface area contributed by atoms with Crippen LogP contribution in [0.1, 0.15) is 18.9 Å². The SMILES string of the molecule is COC(=O)CC(C)=O.ClCc1ccccc1. The van der Waals surface area contributed by atoms with Crippen molar-refractivity contribution in [1.29, 1.82) is 0 Å². The van der Waals surface area contributed by atoms with Gasteiger partial charge in [-0.3, -0.25) is 9.59 Å². The molecule has 0 amide bonds. The molecule has 1 rings (SSSR count). The third-order valence-corrected chi connectivity index (χ3v) is 1.93. The summed E-state index contributed by atoms with van der Waals surface area (Å²) < 4.78 is 4.20. The maximum absolute atomic E-state index is 10.2. The molecular formula is C12H15ClO3. The Morgan fingerprint density at radius 2 is 1.81 bits per heavy atom. The number of ether oxygens (including phenoxy) is 1. The highest BCUT2D eigenvalue weighted by Crippen LogP contribution is 2.00. The number of hydrogen-bond acceptors (Lipinski definition) is 3. The lowest BCUT2D eigenvalue weighted by Crippen LogP contribution is -2.05. The molecular weight excluding hydrogens is 228 g/mol. The summed E-state index contributed by atoms with van der Waals surface area (Å²) in [6.07, 6.45) is -0.115. The van der Waals surface area contributed by atoms with E-state index in [0.717, 1.165) is 0 Å². The van der Waals surface area contributed by atoms with Gasteiger partial charge in [-0.25, -0.2) is 0 Å². The molecule has 3 nitrogen and oxygen atoms in total. The molecule has 1 aromatic rings. The van der Waals surface area contributed by atoms with Gasteiger partial charge in [-0.15, -0.1) is 11.6 Å². The van der Waals surface area contributed by atoms with Crippen molar-refractivity contribution in [2.45, 2.75) is 19.2 Å². The van der Waals surface area contributed by atoms with Gasteiger partial charge in [-0.1, -0.05) is 30.3 Å². The second kappa shape index (κ2) is 8.92. The van der Waals surface area contributed by atoms with E-state index in [2.05, 4.69) is 4.74 Å². The molecule has 0 saturated heterocycles. The highest BCUT2D eigenvalue weighted by Gasteiger charge is 2.01. The highest BCUT2D eigenvalue weighted by molar-refractivity contribution is 6.17. The van der Waals surface area contributed by atoms with Crippen LogP contribution >= 0.6 is 11.6 Å². The molecule has 1 aromatic carbocycles. The van der Waals surface area contributed by atoms with E-state index in [-0.39, 0.29) is 12.2 Å². The van der Waals surface area contributed by atoms with Gasteiger partial charge in [0.05, 0.1) is 7.11 Å². The lowest BCUT2D eigenvalue weighted by Gasteiger charge is -1.90. The number of methoxy groups -OCH3 is 1. The van der Waals surface area contributed by atoms with Crippen LogP contribution in [-0.4, -0.2) is 18.9 Å². The van der Waals surface area contributed by atoms with Crippen molar-refractivity contribution in [3.63, 3.8) is 0 Å². The number of halogens is 1. The fraction of sp³-hybridized carbons (Fsp3) is 0.333. The van der Waals surface area contributed by atoms with Crippen LogP contribution in [0.5, 0.6) is 0 Å². The number of carbonyl (C=O) groups is 2. The van der Waals surface area contributed by atoms with E-state index >= 15 is 0 Å². The average molecular weight is 243 g/mol. The molecule has 0 aliphatic carbocycles. The lowest BCUT2D eigenvalue weighted by molar-refractivity contribution is -0.142. The number of alkyl halides is 1. The zero-order valence-corrected chi connectivity index (χ0v) is 10.2. The maximum Gasteiger partial charge on any atom is 0.313 e. The molecule has 0 radical (unpaired) electrons. The quantitative estimate of drug-likeness (QED) is 0.465. The summed E-state index contributed by atoms with van der Waals surface area (Å²) in [7, 11) is 1.26. The minimum Gasteiger partial charge on any atom is -0.469 e. The molecule has 0 aliphatic heterocycles. The van der Waals surface area contributed by atoms with E-state index in [4.69, 9.17) is 11.6 Å². The molecule has 0 unspecified atom stereocenters. The minimum atomic E-state index is -0.475. The second-order valence-corrected chi connectivity index (χ2v) is 3.34. The normalized spacial score (nSPS) is 8.69. The van der Waals surface area contributed by atoms with Gasteiger partial charge in [0.25, 0.3) is 0 Å². The first-order valence-corrected chi connectivity index (χ1v) is 5.29. The summed E-state index contributed by atoms with van der Waals surface area (Å²) in [5.41, 5.74) is 1.18. The summed E-state index contributed by atoms with van der Waals surface area (Å²) in [6, 6.07) is 9.96. The van der Waals surface area contributed by atoms with Gasteiger partial charge in [0.1, 0.15) is 12.2 Å². The molecule has 0 fully saturated rings. The van der Waals surface area contributed by atoms with E-state index in [1.807, 2.05) is 30.3 Å². The fourth-order valence-electron chi connectivity index (χ4n) is 0.843. The number of esters is 1. The Labute approximate surface area is 100 Å². The summed E-state index contributed by atoms with van der Waals surface area (Å²) >= 11 is 5.53. The molecule has 0 saturated carbocycles. The Kier molecular flexibility index (Phi) is 8.17. The number of carbonyl (C=O) groups excluding carboxylic acids is 2. The smallest absolute Gasteiger partial charge is 0.313 e. The van der Waals surface area contributed by atoms with E-state index in [9.17, 15) is 9.59 Å². The van der Waals surface area contributed by atoms with Gasteiger partial charge in [-0.2, -0.15) is 0 Å². The predicted molar refractivity (Wildman–Crippen MR) is 63.3 cm³/mol. The largest absolute Gasteiger partial charge is 0.469 e. The van der Waals surface area contributed by atoms with Crippen LogP contribution in [0.4, 0.5) is 0 Å². The van der Waals surface area contributed by atoms with Gasteiger partial charge < -0.3 is 4.74 Å². The molecule has 0 aromatic heterocycles. The minimum absolute atomic E-state index is 0.115. The van der Waals surface area contributed by atoms with E-state index in [1.54, 1.807) is 0 Å². The molecule has 0 atom stereocenters. The van der Waals surface area contributed by atoms with Gasteiger partial charge in [0, 0.05) is 5.88 Å². The standard InChI is InChI=1S/C7H7Cl.C5H8O3/c8-6-7-4-2-1-3-5-7;1-4(6)3-5(7)8-2/h1-5H,6H2;3H2,1-2H3. The molecule has 0 N–H and O–H groups in total. The predicted octanol–water partition coefficient (Wildman–Crippen LogP) is 2.56. The Morgan fingerprint density at radius 3 is 2.06 bits per heavy atom. The summed E-state index contributed by atoms with van der Waals surface area (Å²) in [5.74, 6) is -0.0322. The van der Waals surface area contributed by atoms with Crippen LogP contribution in [0.2, 0.25) is 0 Å². The van der Waals surface area contributed by atoms with E-state index in [0.29, 0.717) is 5.88 Å². The third kappa shape index (κ3) is 8.00. The molecule has 0 spiro atoms. The van der Waals surface area contributed by atoms with Crippen molar-refractivity contribution in [3.8, 4) is 0 Å². The molecule has 0 aliphatic rings. The second-order valence-electron chi connectivity index (χ2n) is 3.07. The van der Waals surface area contributed by atoms with E-state index in [1.165, 1.54) is 19.6 Å². The monoisotopic (exact) mass is 242 g/mol. The number of benzene rings is 1. The topological polar surface area (TPSA) is 43.4 Å². The van der Waals surface area contributed by atoms with Crippen LogP contribution in [0.15, 0.2) is 30.3 Å². The molecule has 0 heterocycles. The Morgan fingerprint density at radius 1 is 1.25 bits per heavy atom. The lowest BCUT2D eigenvalue weighted by atomic mass is 10.2. The van der Waals surface area contributed by atoms with Crippen molar-refractivity contribution in [1.82, 2.24) is 0 Å². The van der Waals surface area contributed by atoms with Gasteiger partial charge >= 0.3 is 5.97 Å². The van der Waals surface area contributed by atoms with Gasteiger partial charge in [0.2, 0.25) is 0 Å². The number of hydrogen-bond donors (Lipinski definition) is 0. The zero-order valence-electron chi connectivity index (χ0n) is 9.40. The summed E-state index contributed by atoms with van der Waals surface area (Å²) in [5, 5.41) is 0. The summed E-state index contributed by atoms with van der Waals surface area (Å²) in [6.45, 7) is 1.34. The maximum atomic E-state index is 10.2. The Bertz CT molecular complexity index is 322. The highest BCUT2D eigenvalue weighted by atomic mass is 35.5. The Balaban J connectivity index is 0.000000281. The zero-order chi connectivity index (χ0) is 12.4. The first kappa shape index (κ1) is 14.6. The van der Waals surface area contributed by atoms with Crippen LogP contribution in [0.3, 0.4) is 0 Å². The van der Waals surface area contributed by atoms with Crippen LogP contribution in [0, 0.1) is 0 Å². The number of Topliss-reactive ketones (excluding diaryl/α,β-unsaturated/α-hetero) is 1. The number of ketones is 1.